The lowest BCUT2D eigenvalue weighted by atomic mass is 10.2. The Kier molecular flexibility index (Phi) is 7.62. The Morgan fingerprint density at radius 1 is 1.42 bits per heavy atom. The maximum atomic E-state index is 11.9. The van der Waals surface area contributed by atoms with Crippen LogP contribution >= 0.6 is 23.2 Å². The van der Waals surface area contributed by atoms with Crippen molar-refractivity contribution in [1.29, 1.82) is 0 Å². The van der Waals surface area contributed by atoms with E-state index in [9.17, 15) is 4.79 Å². The highest BCUT2D eigenvalue weighted by Crippen LogP contribution is 2.26. The number of amides is 1. The lowest BCUT2D eigenvalue weighted by Gasteiger charge is -2.33. The highest BCUT2D eigenvalue weighted by atomic mass is 35.5. The van der Waals surface area contributed by atoms with Crippen molar-refractivity contribution in [2.45, 2.75) is 20.0 Å². The Morgan fingerprint density at radius 2 is 2.21 bits per heavy atom. The van der Waals surface area contributed by atoms with Crippen molar-refractivity contribution in [3.05, 3.63) is 28.2 Å². The van der Waals surface area contributed by atoms with Gasteiger partial charge in [0.05, 0.1) is 22.8 Å². The molecule has 0 saturated carbocycles. The number of hydrogen-bond acceptors (Lipinski definition) is 4. The van der Waals surface area contributed by atoms with E-state index in [1.807, 2.05) is 0 Å². The van der Waals surface area contributed by atoms with E-state index in [-0.39, 0.29) is 18.6 Å². The van der Waals surface area contributed by atoms with Crippen LogP contribution in [-0.4, -0.2) is 56.3 Å². The predicted octanol–water partition coefficient (Wildman–Crippen LogP) is 2.85. The average Bonchev–Trinajstić information content (AvgIpc) is 2.54. The van der Waals surface area contributed by atoms with Crippen molar-refractivity contribution in [3.8, 4) is 5.75 Å². The van der Waals surface area contributed by atoms with Crippen molar-refractivity contribution >= 4 is 29.1 Å². The zero-order valence-corrected chi connectivity index (χ0v) is 15.6. The van der Waals surface area contributed by atoms with Gasteiger partial charge in [-0.2, -0.15) is 0 Å². The zero-order valence-electron chi connectivity index (χ0n) is 14.1. The van der Waals surface area contributed by atoms with Crippen LogP contribution in [0.15, 0.2) is 18.2 Å². The van der Waals surface area contributed by atoms with Gasteiger partial charge in [0.15, 0.2) is 6.61 Å². The van der Waals surface area contributed by atoms with Crippen LogP contribution in [0, 0.1) is 5.92 Å². The first-order valence-electron chi connectivity index (χ1n) is 8.12. The molecule has 0 aromatic heterocycles. The summed E-state index contributed by atoms with van der Waals surface area (Å²) in [4.78, 5) is 14.3. The highest BCUT2D eigenvalue weighted by molar-refractivity contribution is 6.42. The van der Waals surface area contributed by atoms with Gasteiger partial charge in [-0.15, -0.1) is 0 Å². The molecule has 1 aromatic carbocycles. The molecule has 1 heterocycles. The van der Waals surface area contributed by atoms with Crippen molar-refractivity contribution in [2.75, 3.05) is 39.4 Å². The van der Waals surface area contributed by atoms with Gasteiger partial charge in [-0.25, -0.2) is 0 Å². The molecular weight excluding hydrogens is 351 g/mol. The van der Waals surface area contributed by atoms with Crippen molar-refractivity contribution in [2.24, 2.45) is 5.92 Å². The van der Waals surface area contributed by atoms with Crippen LogP contribution < -0.4 is 10.1 Å². The maximum Gasteiger partial charge on any atom is 0.258 e. The first kappa shape index (κ1) is 19.3. The second kappa shape index (κ2) is 9.47. The SMILES string of the molecule is CC(C)CN1CCOC(CNC(=O)COc2ccc(Cl)c(Cl)c2)C1. The summed E-state index contributed by atoms with van der Waals surface area (Å²) >= 11 is 11.7. The summed E-state index contributed by atoms with van der Waals surface area (Å²) < 4.78 is 11.1. The highest BCUT2D eigenvalue weighted by Gasteiger charge is 2.21. The summed E-state index contributed by atoms with van der Waals surface area (Å²) in [5.74, 6) is 0.945. The summed E-state index contributed by atoms with van der Waals surface area (Å²) in [6, 6.07) is 4.90. The Balaban J connectivity index is 1.69. The summed E-state index contributed by atoms with van der Waals surface area (Å²) in [7, 11) is 0. The summed E-state index contributed by atoms with van der Waals surface area (Å²) in [6.07, 6.45) is 0.0198. The number of ether oxygens (including phenoxy) is 2. The minimum absolute atomic E-state index is 0.0198. The molecule has 1 aliphatic rings. The fraction of sp³-hybridized carbons (Fsp3) is 0.588. The Labute approximate surface area is 153 Å². The van der Waals surface area contributed by atoms with Gasteiger partial charge in [-0.05, 0) is 18.1 Å². The number of nitrogens with one attached hydrogen (secondary N) is 1. The number of benzene rings is 1. The predicted molar refractivity (Wildman–Crippen MR) is 96.0 cm³/mol. The lowest BCUT2D eigenvalue weighted by molar-refractivity contribution is -0.124. The van der Waals surface area contributed by atoms with Crippen LogP contribution in [0.5, 0.6) is 5.75 Å². The van der Waals surface area contributed by atoms with E-state index in [2.05, 4.69) is 24.1 Å². The number of rotatable bonds is 7. The molecule has 0 spiro atoms. The number of morpholine rings is 1. The quantitative estimate of drug-likeness (QED) is 0.796. The smallest absolute Gasteiger partial charge is 0.258 e. The lowest BCUT2D eigenvalue weighted by Crippen LogP contribution is -2.48. The van der Waals surface area contributed by atoms with Crippen molar-refractivity contribution in [1.82, 2.24) is 10.2 Å². The van der Waals surface area contributed by atoms with E-state index in [0.717, 1.165) is 19.6 Å². The van der Waals surface area contributed by atoms with Crippen LogP contribution in [0.25, 0.3) is 0 Å². The molecule has 1 aliphatic heterocycles. The van der Waals surface area contributed by atoms with Crippen LogP contribution in [0.4, 0.5) is 0 Å². The van der Waals surface area contributed by atoms with E-state index in [1.165, 1.54) is 0 Å². The molecule has 7 heteroatoms. The molecule has 1 aromatic rings. The summed E-state index contributed by atoms with van der Waals surface area (Å²) in [5, 5.41) is 3.70. The maximum absolute atomic E-state index is 11.9. The largest absolute Gasteiger partial charge is 0.484 e. The second-order valence-corrected chi connectivity index (χ2v) is 7.13. The average molecular weight is 375 g/mol. The number of halogens is 2. The van der Waals surface area contributed by atoms with E-state index in [4.69, 9.17) is 32.7 Å². The van der Waals surface area contributed by atoms with Crippen molar-refractivity contribution in [3.63, 3.8) is 0 Å². The fourth-order valence-electron chi connectivity index (χ4n) is 2.58. The molecule has 5 nitrogen and oxygen atoms in total. The van der Waals surface area contributed by atoms with Crippen LogP contribution in [0.3, 0.4) is 0 Å². The fourth-order valence-corrected chi connectivity index (χ4v) is 2.87. The van der Waals surface area contributed by atoms with Gasteiger partial charge in [-0.3, -0.25) is 9.69 Å². The van der Waals surface area contributed by atoms with Crippen LogP contribution in [-0.2, 0) is 9.53 Å². The van der Waals surface area contributed by atoms with Crippen LogP contribution in [0.1, 0.15) is 13.8 Å². The molecule has 1 fully saturated rings. The van der Waals surface area contributed by atoms with E-state index >= 15 is 0 Å². The molecule has 1 amide bonds. The molecule has 2 rings (SSSR count). The second-order valence-electron chi connectivity index (χ2n) is 6.31. The number of nitrogens with zero attached hydrogens (tertiary/aromatic N) is 1. The molecule has 1 N–H and O–H groups in total. The number of carbonyl (C=O) groups is 1. The standard InChI is InChI=1S/C17H24Cl2N2O3/c1-12(2)9-21-5-6-23-14(10-21)8-20-17(22)11-24-13-3-4-15(18)16(19)7-13/h3-4,7,12,14H,5-6,8-11H2,1-2H3,(H,20,22). The Bertz CT molecular complexity index is 555. The van der Waals surface area contributed by atoms with Crippen LogP contribution in [0.2, 0.25) is 10.0 Å². The molecular formula is C17H24Cl2N2O3. The van der Waals surface area contributed by atoms with E-state index < -0.39 is 0 Å². The minimum Gasteiger partial charge on any atom is -0.484 e. The first-order chi connectivity index (χ1) is 11.4. The molecule has 134 valence electrons. The molecule has 24 heavy (non-hydrogen) atoms. The number of hydrogen-bond donors (Lipinski definition) is 1. The monoisotopic (exact) mass is 374 g/mol. The molecule has 0 bridgehead atoms. The molecule has 0 aliphatic carbocycles. The summed E-state index contributed by atoms with van der Waals surface area (Å²) in [6.45, 7) is 8.36. The third-order valence-electron chi connectivity index (χ3n) is 3.63. The molecule has 1 unspecified atom stereocenters. The Morgan fingerprint density at radius 3 is 2.92 bits per heavy atom. The Hall–Kier alpha value is -1.01. The van der Waals surface area contributed by atoms with Crippen molar-refractivity contribution < 1.29 is 14.3 Å². The topological polar surface area (TPSA) is 50.8 Å². The van der Waals surface area contributed by atoms with Gasteiger partial charge in [0, 0.05) is 32.2 Å². The molecule has 1 atom stereocenters. The van der Waals surface area contributed by atoms with E-state index in [1.54, 1.807) is 18.2 Å². The van der Waals surface area contributed by atoms with Gasteiger partial charge in [-0.1, -0.05) is 37.0 Å². The van der Waals surface area contributed by atoms with Gasteiger partial charge >= 0.3 is 0 Å². The normalized spacial score (nSPS) is 18.6. The van der Waals surface area contributed by atoms with Gasteiger partial charge in [0.2, 0.25) is 0 Å². The first-order valence-corrected chi connectivity index (χ1v) is 8.88. The summed E-state index contributed by atoms with van der Waals surface area (Å²) in [5.41, 5.74) is 0. The molecule has 1 saturated heterocycles. The van der Waals surface area contributed by atoms with Gasteiger partial charge in [0.1, 0.15) is 5.75 Å². The number of carbonyl (C=O) groups excluding carboxylic acids is 1. The third-order valence-corrected chi connectivity index (χ3v) is 4.37. The van der Waals surface area contributed by atoms with E-state index in [0.29, 0.717) is 34.9 Å². The van der Waals surface area contributed by atoms with Gasteiger partial charge in [0.25, 0.3) is 5.91 Å². The third kappa shape index (κ3) is 6.48. The van der Waals surface area contributed by atoms with Gasteiger partial charge < -0.3 is 14.8 Å². The zero-order chi connectivity index (χ0) is 17.5. The minimum atomic E-state index is -0.189. The molecule has 0 radical (unpaired) electrons.